The van der Waals surface area contributed by atoms with Gasteiger partial charge in [-0.1, -0.05) is 102 Å². The molecule has 6 heteroatoms. The van der Waals surface area contributed by atoms with Crippen molar-refractivity contribution >= 4 is 52.1 Å². The first-order valence-corrected chi connectivity index (χ1v) is 19.7. The van der Waals surface area contributed by atoms with Gasteiger partial charge in [0.05, 0.1) is 22.8 Å². The monoisotopic (exact) mass is 743 g/mol. The van der Waals surface area contributed by atoms with Gasteiger partial charge >= 0.3 is 0 Å². The highest BCUT2D eigenvalue weighted by Crippen LogP contribution is 2.38. The van der Waals surface area contributed by atoms with Crippen LogP contribution < -0.4 is 5.32 Å². The zero-order chi connectivity index (χ0) is 38.9. The van der Waals surface area contributed by atoms with E-state index in [2.05, 4.69) is 182 Å². The summed E-state index contributed by atoms with van der Waals surface area (Å²) in [5, 5.41) is 12.7. The van der Waals surface area contributed by atoms with E-state index in [9.17, 15) is 5.11 Å². The van der Waals surface area contributed by atoms with Crippen LogP contribution in [0.4, 0.5) is 5.69 Å². The highest BCUT2D eigenvalue weighted by molar-refractivity contribution is 5.99. The lowest BCUT2D eigenvalue weighted by Crippen LogP contribution is -2.02. The van der Waals surface area contributed by atoms with Crippen molar-refractivity contribution in [2.24, 2.45) is 0 Å². The summed E-state index contributed by atoms with van der Waals surface area (Å²) >= 11 is 0. The van der Waals surface area contributed by atoms with E-state index >= 15 is 0 Å². The molecule has 0 fully saturated rings. The van der Waals surface area contributed by atoms with Crippen LogP contribution in [0.2, 0.25) is 0 Å². The SMILES string of the molecule is Cc1ccc(-c2c3nc(c(-c4ccc(C)cc4)c4ccc([nH]4)c(-c4ccc(NCCCCO)cc4)c4nc(c(-c5ccc(C)cc5)c5ccc2[nH]5)C=C4)C=C3)cc1. The molecule has 8 bridgehead atoms. The topological polar surface area (TPSA) is 89.6 Å². The van der Waals surface area contributed by atoms with Crippen LogP contribution in [0.1, 0.15) is 52.3 Å². The summed E-state index contributed by atoms with van der Waals surface area (Å²) < 4.78 is 0. The smallest absolute Gasteiger partial charge is 0.0737 e. The third-order valence-electron chi connectivity index (χ3n) is 10.9. The van der Waals surface area contributed by atoms with E-state index in [0.717, 1.165) is 114 Å². The number of aliphatic hydroxyl groups excluding tert-OH is 1. The van der Waals surface area contributed by atoms with Crippen LogP contribution in [-0.4, -0.2) is 38.2 Å². The number of aryl methyl sites for hydroxylation is 3. The summed E-state index contributed by atoms with van der Waals surface area (Å²) in [6, 6.07) is 43.3. The Hall–Kier alpha value is -6.76. The molecule has 6 nitrogen and oxygen atoms in total. The Bertz CT molecular complexity index is 2780. The molecule has 4 N–H and O–H groups in total. The van der Waals surface area contributed by atoms with E-state index < -0.39 is 0 Å². The van der Waals surface area contributed by atoms with Crippen molar-refractivity contribution in [3.63, 3.8) is 0 Å². The molecule has 5 heterocycles. The molecule has 0 spiro atoms. The van der Waals surface area contributed by atoms with Gasteiger partial charge in [0, 0.05) is 63.2 Å². The normalized spacial score (nSPS) is 12.0. The van der Waals surface area contributed by atoms with Gasteiger partial charge in [0.1, 0.15) is 0 Å². The van der Waals surface area contributed by atoms with Gasteiger partial charge in [0.2, 0.25) is 0 Å². The maximum atomic E-state index is 9.24. The fourth-order valence-corrected chi connectivity index (χ4v) is 7.81. The average Bonchev–Trinajstić information content (AvgIpc) is 4.07. The van der Waals surface area contributed by atoms with Crippen LogP contribution in [0.5, 0.6) is 0 Å². The van der Waals surface area contributed by atoms with E-state index in [1.165, 1.54) is 16.7 Å². The summed E-state index contributed by atoms with van der Waals surface area (Å²) in [6.45, 7) is 7.37. The zero-order valence-corrected chi connectivity index (χ0v) is 32.5. The van der Waals surface area contributed by atoms with Crippen LogP contribution in [0, 0.1) is 20.8 Å². The van der Waals surface area contributed by atoms with Crippen LogP contribution in [0.15, 0.2) is 121 Å². The quantitative estimate of drug-likeness (QED) is 0.111. The summed E-state index contributed by atoms with van der Waals surface area (Å²) in [7, 11) is 0. The molecule has 9 rings (SSSR count). The number of hydrogen-bond donors (Lipinski definition) is 4. The molecule has 0 atom stereocenters. The lowest BCUT2D eigenvalue weighted by molar-refractivity contribution is 0.286. The number of hydrogen-bond acceptors (Lipinski definition) is 4. The van der Waals surface area contributed by atoms with Gasteiger partial charge in [-0.05, 0) is 117 Å². The van der Waals surface area contributed by atoms with Crippen molar-refractivity contribution in [3.05, 3.63) is 161 Å². The minimum atomic E-state index is 0.207. The summed E-state index contributed by atoms with van der Waals surface area (Å²) in [4.78, 5) is 18.6. The molecule has 0 radical (unpaired) electrons. The molecule has 0 unspecified atom stereocenters. The molecule has 280 valence electrons. The number of nitrogens with one attached hydrogen (secondary N) is 3. The predicted octanol–water partition coefficient (Wildman–Crippen LogP) is 12.4. The standard InChI is InChI=1S/C51H45N5O/c1-32-6-12-35(13-7-32)48-40-22-24-42(53-40)49(36-14-8-33(2)9-15-36)44-26-28-46(55-44)51(38-18-20-39(21-19-38)52-30-4-5-31-57)47-29-27-45(56-47)50(43-25-23-41(48)54-43)37-16-10-34(3)11-17-37/h6-29,52-53,56-57H,4-5,30-31H2,1-3H3. The Morgan fingerprint density at radius 2 is 0.737 bits per heavy atom. The lowest BCUT2D eigenvalue weighted by Gasteiger charge is -2.09. The number of H-pyrrole nitrogens is 2. The number of aliphatic hydroxyl groups is 1. The van der Waals surface area contributed by atoms with E-state index in [1.807, 2.05) is 0 Å². The van der Waals surface area contributed by atoms with Gasteiger partial charge in [0.15, 0.2) is 0 Å². The van der Waals surface area contributed by atoms with Gasteiger partial charge < -0.3 is 20.4 Å². The summed E-state index contributed by atoms with van der Waals surface area (Å²) in [5.74, 6) is 0. The molecule has 3 aromatic heterocycles. The van der Waals surface area contributed by atoms with Crippen LogP contribution in [0.25, 0.3) is 90.9 Å². The van der Waals surface area contributed by atoms with Crippen molar-refractivity contribution in [3.8, 4) is 44.5 Å². The second-order valence-electron chi connectivity index (χ2n) is 15.0. The van der Waals surface area contributed by atoms with Crippen molar-refractivity contribution < 1.29 is 5.11 Å². The first-order chi connectivity index (χ1) is 27.9. The van der Waals surface area contributed by atoms with Gasteiger partial charge in [0.25, 0.3) is 0 Å². The molecule has 0 amide bonds. The third-order valence-corrected chi connectivity index (χ3v) is 10.9. The van der Waals surface area contributed by atoms with E-state index in [0.29, 0.717) is 0 Å². The summed E-state index contributed by atoms with van der Waals surface area (Å²) in [6.07, 6.45) is 10.3. The predicted molar refractivity (Wildman–Crippen MR) is 240 cm³/mol. The number of rotatable bonds is 9. The second kappa shape index (κ2) is 15.4. The summed E-state index contributed by atoms with van der Waals surface area (Å²) in [5.41, 5.74) is 20.5. The highest BCUT2D eigenvalue weighted by Gasteiger charge is 2.19. The molecular formula is C51H45N5O. The van der Waals surface area contributed by atoms with Gasteiger partial charge in [-0.3, -0.25) is 0 Å². The van der Waals surface area contributed by atoms with E-state index in [-0.39, 0.29) is 6.61 Å². The number of aromatic amines is 2. The van der Waals surface area contributed by atoms with Crippen molar-refractivity contribution in [2.45, 2.75) is 33.6 Å². The number of fused-ring (bicyclic) bond motifs is 8. The molecule has 0 saturated carbocycles. The first kappa shape index (κ1) is 35.9. The van der Waals surface area contributed by atoms with Crippen molar-refractivity contribution in [1.29, 1.82) is 0 Å². The number of anilines is 1. The average molecular weight is 744 g/mol. The Labute approximate surface area is 333 Å². The number of nitrogens with zero attached hydrogens (tertiary/aromatic N) is 2. The molecule has 4 aromatic carbocycles. The fraction of sp³-hybridized carbons (Fsp3) is 0.137. The van der Waals surface area contributed by atoms with Crippen LogP contribution in [0.3, 0.4) is 0 Å². The maximum Gasteiger partial charge on any atom is 0.0737 e. The molecule has 57 heavy (non-hydrogen) atoms. The van der Waals surface area contributed by atoms with E-state index in [4.69, 9.17) is 9.97 Å². The Balaban J connectivity index is 1.38. The minimum Gasteiger partial charge on any atom is -0.396 e. The minimum absolute atomic E-state index is 0.207. The van der Waals surface area contributed by atoms with Crippen molar-refractivity contribution in [1.82, 2.24) is 19.9 Å². The molecule has 7 aromatic rings. The molecule has 0 aliphatic carbocycles. The molecule has 2 aliphatic rings. The second-order valence-corrected chi connectivity index (χ2v) is 15.0. The number of aromatic nitrogens is 4. The number of unbranched alkanes of at least 4 members (excludes halogenated alkanes) is 1. The first-order valence-electron chi connectivity index (χ1n) is 19.7. The maximum absolute atomic E-state index is 9.24. The molecular weight excluding hydrogens is 699 g/mol. The lowest BCUT2D eigenvalue weighted by atomic mass is 10.0. The third kappa shape index (κ3) is 7.23. The van der Waals surface area contributed by atoms with Gasteiger partial charge in [-0.2, -0.15) is 0 Å². The fourth-order valence-electron chi connectivity index (χ4n) is 7.81. The Kier molecular flexibility index (Phi) is 9.71. The Morgan fingerprint density at radius 1 is 0.421 bits per heavy atom. The van der Waals surface area contributed by atoms with Crippen LogP contribution >= 0.6 is 0 Å². The van der Waals surface area contributed by atoms with Crippen LogP contribution in [-0.2, 0) is 0 Å². The number of benzene rings is 4. The highest BCUT2D eigenvalue weighted by atomic mass is 16.2. The zero-order valence-electron chi connectivity index (χ0n) is 32.5. The van der Waals surface area contributed by atoms with Gasteiger partial charge in [-0.25, -0.2) is 9.97 Å². The Morgan fingerprint density at radius 3 is 1.05 bits per heavy atom. The molecule has 2 aliphatic heterocycles. The largest absolute Gasteiger partial charge is 0.396 e. The van der Waals surface area contributed by atoms with Gasteiger partial charge in [-0.15, -0.1) is 0 Å². The van der Waals surface area contributed by atoms with E-state index in [1.54, 1.807) is 0 Å². The molecule has 0 saturated heterocycles. The van der Waals surface area contributed by atoms with Crippen molar-refractivity contribution in [2.75, 3.05) is 18.5 Å².